The van der Waals surface area contributed by atoms with Crippen molar-refractivity contribution in [2.75, 3.05) is 6.54 Å². The Morgan fingerprint density at radius 2 is 2.13 bits per heavy atom. The van der Waals surface area contributed by atoms with Gasteiger partial charge in [-0.25, -0.2) is 0 Å². The molecule has 1 N–H and O–H groups in total. The third-order valence-corrected chi connectivity index (χ3v) is 4.64. The fourth-order valence-electron chi connectivity index (χ4n) is 1.94. The van der Waals surface area contributed by atoms with Crippen molar-refractivity contribution in [3.8, 4) is 0 Å². The van der Waals surface area contributed by atoms with E-state index in [1.165, 1.54) is 24.4 Å². The van der Waals surface area contributed by atoms with Gasteiger partial charge in [-0.3, -0.25) is 4.99 Å². The molecule has 15 heavy (non-hydrogen) atoms. The summed E-state index contributed by atoms with van der Waals surface area (Å²) in [5.74, 6) is 1.73. The van der Waals surface area contributed by atoms with Crippen molar-refractivity contribution in [1.82, 2.24) is 5.32 Å². The first-order valence-electron chi connectivity index (χ1n) is 6.12. The maximum atomic E-state index is 4.57. The predicted octanol–water partition coefficient (Wildman–Crippen LogP) is 2.89. The Morgan fingerprint density at radius 3 is 2.67 bits per heavy atom. The van der Waals surface area contributed by atoms with Gasteiger partial charge in [-0.05, 0) is 25.2 Å². The van der Waals surface area contributed by atoms with E-state index >= 15 is 0 Å². The Morgan fingerprint density at radius 1 is 1.40 bits per heavy atom. The van der Waals surface area contributed by atoms with Gasteiger partial charge in [0, 0.05) is 11.3 Å². The van der Waals surface area contributed by atoms with E-state index < -0.39 is 0 Å². The molecule has 1 fully saturated rings. The van der Waals surface area contributed by atoms with Gasteiger partial charge in [-0.2, -0.15) is 0 Å². The van der Waals surface area contributed by atoms with Crippen LogP contribution in [0.1, 0.15) is 40.0 Å². The third kappa shape index (κ3) is 3.40. The molecule has 0 radical (unpaired) electrons. The lowest BCUT2D eigenvalue weighted by atomic mass is 10.1. The number of hydrogen-bond donors (Lipinski definition) is 1. The fourth-order valence-corrected chi connectivity index (χ4v) is 3.07. The minimum absolute atomic E-state index is 0.606. The van der Waals surface area contributed by atoms with Crippen LogP contribution < -0.4 is 5.32 Å². The molecule has 1 aliphatic heterocycles. The summed E-state index contributed by atoms with van der Waals surface area (Å²) >= 11 is 1.93. The van der Waals surface area contributed by atoms with Gasteiger partial charge in [0.2, 0.25) is 0 Å². The Balaban J connectivity index is 1.71. The van der Waals surface area contributed by atoms with Crippen LogP contribution in [0.15, 0.2) is 4.99 Å². The van der Waals surface area contributed by atoms with Crippen molar-refractivity contribution in [2.24, 2.45) is 16.8 Å². The zero-order valence-corrected chi connectivity index (χ0v) is 10.8. The van der Waals surface area contributed by atoms with E-state index in [2.05, 4.69) is 31.1 Å². The highest BCUT2D eigenvalue weighted by Gasteiger charge is 2.26. The topological polar surface area (TPSA) is 24.4 Å². The number of nitrogens with zero attached hydrogens (tertiary/aromatic N) is 1. The maximum Gasteiger partial charge on any atom is 0.157 e. The van der Waals surface area contributed by atoms with Crippen LogP contribution in [-0.2, 0) is 0 Å². The molecule has 2 aliphatic rings. The van der Waals surface area contributed by atoms with Gasteiger partial charge in [-0.1, -0.05) is 38.5 Å². The average Bonchev–Trinajstić information content (AvgIpc) is 2.82. The first kappa shape index (κ1) is 11.3. The molecule has 3 heteroatoms. The Bertz CT molecular complexity index is 246. The number of rotatable bonds is 4. The third-order valence-electron chi connectivity index (χ3n) is 3.18. The second kappa shape index (κ2) is 4.77. The molecule has 0 aromatic rings. The molecule has 0 saturated heterocycles. The number of amidine groups is 1. The molecule has 0 aromatic heterocycles. The van der Waals surface area contributed by atoms with Crippen molar-refractivity contribution in [1.29, 1.82) is 0 Å². The van der Waals surface area contributed by atoms with Crippen LogP contribution in [0.4, 0.5) is 0 Å². The van der Waals surface area contributed by atoms with Crippen LogP contribution in [0.2, 0.25) is 0 Å². The summed E-state index contributed by atoms with van der Waals surface area (Å²) in [5.41, 5.74) is 0. The lowest BCUT2D eigenvalue weighted by Crippen LogP contribution is -2.30. The number of hydrogen-bond acceptors (Lipinski definition) is 3. The molecule has 2 unspecified atom stereocenters. The van der Waals surface area contributed by atoms with Crippen LogP contribution in [0, 0.1) is 11.8 Å². The van der Waals surface area contributed by atoms with Gasteiger partial charge in [0.05, 0.1) is 6.54 Å². The van der Waals surface area contributed by atoms with Gasteiger partial charge in [-0.15, -0.1) is 0 Å². The molecule has 0 aromatic carbocycles. The molecular weight excluding hydrogens is 204 g/mol. The highest BCUT2D eigenvalue weighted by Crippen LogP contribution is 2.34. The van der Waals surface area contributed by atoms with Gasteiger partial charge in [0.25, 0.3) is 0 Å². The lowest BCUT2D eigenvalue weighted by molar-refractivity contribution is 0.566. The summed E-state index contributed by atoms with van der Waals surface area (Å²) < 4.78 is 0. The van der Waals surface area contributed by atoms with Crippen LogP contribution in [-0.4, -0.2) is 23.0 Å². The standard InChI is InChI=1S/C12H22N2S/c1-8(2)11-7-13-12(15-11)14-9(3)6-10-4-5-10/h8-11H,4-7H2,1-3H3,(H,13,14). The monoisotopic (exact) mass is 226 g/mol. The molecule has 1 saturated carbocycles. The second-order valence-corrected chi connectivity index (χ2v) is 6.50. The fraction of sp³-hybridized carbons (Fsp3) is 0.917. The molecule has 0 bridgehead atoms. The van der Waals surface area contributed by atoms with E-state index in [0.717, 1.165) is 18.4 Å². The van der Waals surface area contributed by atoms with Gasteiger partial charge in [0.1, 0.15) is 0 Å². The SMILES string of the molecule is CC(CC1CC1)NC1=NCC(C(C)C)S1. The first-order chi connectivity index (χ1) is 7.15. The highest BCUT2D eigenvalue weighted by molar-refractivity contribution is 8.14. The van der Waals surface area contributed by atoms with Gasteiger partial charge < -0.3 is 5.32 Å². The van der Waals surface area contributed by atoms with Crippen LogP contribution >= 0.6 is 11.8 Å². The Kier molecular flexibility index (Phi) is 3.60. The summed E-state index contributed by atoms with van der Waals surface area (Å²) in [5, 5.41) is 5.43. The van der Waals surface area contributed by atoms with Crippen LogP contribution in [0.3, 0.4) is 0 Å². The number of thioether (sulfide) groups is 1. The van der Waals surface area contributed by atoms with Crippen molar-refractivity contribution >= 4 is 16.9 Å². The van der Waals surface area contributed by atoms with Crippen molar-refractivity contribution < 1.29 is 0 Å². The summed E-state index contributed by atoms with van der Waals surface area (Å²) in [6, 6.07) is 0.606. The Labute approximate surface area is 97.3 Å². The smallest absolute Gasteiger partial charge is 0.157 e. The minimum atomic E-state index is 0.606. The molecule has 2 atom stereocenters. The predicted molar refractivity (Wildman–Crippen MR) is 68.5 cm³/mol. The summed E-state index contributed by atoms with van der Waals surface area (Å²) in [4.78, 5) is 4.57. The van der Waals surface area contributed by atoms with E-state index in [0.29, 0.717) is 11.3 Å². The van der Waals surface area contributed by atoms with Crippen LogP contribution in [0.5, 0.6) is 0 Å². The summed E-state index contributed by atoms with van der Waals surface area (Å²) in [6.07, 6.45) is 4.21. The molecular formula is C12H22N2S. The Hall–Kier alpha value is -0.180. The minimum Gasteiger partial charge on any atom is -0.362 e. The molecule has 1 aliphatic carbocycles. The van der Waals surface area contributed by atoms with Crippen LogP contribution in [0.25, 0.3) is 0 Å². The molecule has 2 rings (SSSR count). The zero-order valence-electron chi connectivity index (χ0n) is 9.99. The molecule has 1 heterocycles. The highest BCUT2D eigenvalue weighted by atomic mass is 32.2. The molecule has 2 nitrogen and oxygen atoms in total. The van der Waals surface area contributed by atoms with E-state index in [1.54, 1.807) is 0 Å². The number of aliphatic imine (C=N–C) groups is 1. The first-order valence-corrected chi connectivity index (χ1v) is 7.00. The summed E-state index contributed by atoms with van der Waals surface area (Å²) in [6.45, 7) is 7.85. The molecule has 0 amide bonds. The van der Waals surface area contributed by atoms with Crippen molar-refractivity contribution in [3.05, 3.63) is 0 Å². The van der Waals surface area contributed by atoms with Crippen molar-refractivity contribution in [3.63, 3.8) is 0 Å². The van der Waals surface area contributed by atoms with Gasteiger partial charge in [0.15, 0.2) is 5.17 Å². The second-order valence-electron chi connectivity index (χ2n) is 5.27. The van der Waals surface area contributed by atoms with Gasteiger partial charge >= 0.3 is 0 Å². The van der Waals surface area contributed by atoms with E-state index in [4.69, 9.17) is 0 Å². The molecule has 0 spiro atoms. The quantitative estimate of drug-likeness (QED) is 0.797. The lowest BCUT2D eigenvalue weighted by Gasteiger charge is -2.16. The number of nitrogens with one attached hydrogen (secondary N) is 1. The normalized spacial score (nSPS) is 28.0. The van der Waals surface area contributed by atoms with E-state index in [-0.39, 0.29) is 0 Å². The van der Waals surface area contributed by atoms with E-state index in [9.17, 15) is 0 Å². The summed E-state index contributed by atoms with van der Waals surface area (Å²) in [7, 11) is 0. The molecule has 86 valence electrons. The zero-order chi connectivity index (χ0) is 10.8. The average molecular weight is 226 g/mol. The maximum absolute atomic E-state index is 4.57. The largest absolute Gasteiger partial charge is 0.362 e. The van der Waals surface area contributed by atoms with E-state index in [1.807, 2.05) is 11.8 Å². The van der Waals surface area contributed by atoms with Crippen molar-refractivity contribution in [2.45, 2.75) is 51.3 Å².